The largest absolute Gasteiger partial charge is 0.383 e. The van der Waals surface area contributed by atoms with E-state index in [9.17, 15) is 13.2 Å². The van der Waals surface area contributed by atoms with Gasteiger partial charge in [-0.25, -0.2) is 8.42 Å². The lowest BCUT2D eigenvalue weighted by molar-refractivity contribution is -0.116. The fourth-order valence-electron chi connectivity index (χ4n) is 1.68. The van der Waals surface area contributed by atoms with E-state index in [1.54, 1.807) is 18.2 Å². The van der Waals surface area contributed by atoms with Crippen LogP contribution in [0.3, 0.4) is 0 Å². The number of hydrogen-bond acceptors (Lipinski definition) is 4. The zero-order valence-corrected chi connectivity index (χ0v) is 14.6. The molecule has 0 unspecified atom stereocenters. The molecule has 22 heavy (non-hydrogen) atoms. The second-order valence-corrected chi connectivity index (χ2v) is 7.32. The van der Waals surface area contributed by atoms with Gasteiger partial charge in [0.1, 0.15) is 0 Å². The van der Waals surface area contributed by atoms with Crippen molar-refractivity contribution in [3.8, 4) is 0 Å². The first kappa shape index (κ1) is 19.2. The van der Waals surface area contributed by atoms with E-state index in [1.165, 1.54) is 11.4 Å². The molecule has 6 nitrogen and oxygen atoms in total. The quantitative estimate of drug-likeness (QED) is 0.763. The second-order valence-electron chi connectivity index (χ2n) is 4.55. The van der Waals surface area contributed by atoms with Crippen molar-refractivity contribution in [3.63, 3.8) is 0 Å². The molecule has 9 heteroatoms. The Bertz CT molecular complexity index is 622. The van der Waals surface area contributed by atoms with E-state index >= 15 is 0 Å². The van der Waals surface area contributed by atoms with Crippen molar-refractivity contribution in [2.24, 2.45) is 0 Å². The van der Waals surface area contributed by atoms with Gasteiger partial charge in [-0.1, -0.05) is 29.3 Å². The molecule has 1 aromatic carbocycles. The fraction of sp³-hybridized carbons (Fsp3) is 0.462. The molecule has 1 amide bonds. The Balaban J connectivity index is 2.62. The molecule has 0 saturated heterocycles. The van der Waals surface area contributed by atoms with Gasteiger partial charge in [-0.15, -0.1) is 0 Å². The van der Waals surface area contributed by atoms with Crippen LogP contribution < -0.4 is 5.32 Å². The van der Waals surface area contributed by atoms with Crippen LogP contribution in [0, 0.1) is 0 Å². The van der Waals surface area contributed by atoms with Crippen LogP contribution in [0.4, 0.5) is 5.69 Å². The molecule has 0 saturated carbocycles. The van der Waals surface area contributed by atoms with Crippen molar-refractivity contribution < 1.29 is 17.9 Å². The predicted octanol–water partition coefficient (Wildman–Crippen LogP) is 2.23. The van der Waals surface area contributed by atoms with Crippen LogP contribution >= 0.6 is 23.2 Å². The summed E-state index contributed by atoms with van der Waals surface area (Å²) in [5, 5.41) is 3.18. The number of sulfonamides is 1. The van der Waals surface area contributed by atoms with Crippen molar-refractivity contribution in [1.82, 2.24) is 4.31 Å². The molecule has 0 spiro atoms. The number of halogens is 2. The first-order valence-electron chi connectivity index (χ1n) is 6.43. The third-order valence-electron chi connectivity index (χ3n) is 2.83. The number of anilines is 1. The molecular formula is C13H18Cl2N2O4S. The maximum absolute atomic E-state index is 11.9. The maximum Gasteiger partial charge on any atom is 0.225 e. The van der Waals surface area contributed by atoms with Crippen molar-refractivity contribution in [3.05, 3.63) is 28.2 Å². The average Bonchev–Trinajstić information content (AvgIpc) is 2.42. The highest BCUT2D eigenvalue weighted by Gasteiger charge is 2.18. The summed E-state index contributed by atoms with van der Waals surface area (Å²) in [7, 11) is -1.91. The first-order valence-corrected chi connectivity index (χ1v) is 9.04. The highest BCUT2D eigenvalue weighted by Crippen LogP contribution is 2.29. The molecule has 0 aliphatic heterocycles. The van der Waals surface area contributed by atoms with Gasteiger partial charge in [0, 0.05) is 26.6 Å². The van der Waals surface area contributed by atoms with Gasteiger partial charge in [0.25, 0.3) is 0 Å². The number of ether oxygens (including phenoxy) is 1. The summed E-state index contributed by atoms with van der Waals surface area (Å²) >= 11 is 11.8. The lowest BCUT2D eigenvalue weighted by atomic mass is 10.3. The number of benzene rings is 1. The Hall–Kier alpha value is -0.860. The van der Waals surface area contributed by atoms with Crippen molar-refractivity contribution >= 4 is 44.8 Å². The minimum Gasteiger partial charge on any atom is -0.383 e. The van der Waals surface area contributed by atoms with E-state index < -0.39 is 10.0 Å². The molecule has 124 valence electrons. The molecule has 1 aromatic rings. The van der Waals surface area contributed by atoms with Crippen LogP contribution in [0.25, 0.3) is 0 Å². The normalized spacial score (nSPS) is 11.7. The molecule has 0 radical (unpaired) electrons. The van der Waals surface area contributed by atoms with Gasteiger partial charge < -0.3 is 10.1 Å². The lowest BCUT2D eigenvalue weighted by Gasteiger charge is -2.19. The molecule has 0 aliphatic carbocycles. The topological polar surface area (TPSA) is 75.7 Å². The summed E-state index contributed by atoms with van der Waals surface area (Å²) < 4.78 is 29.3. The number of hydrogen-bond donors (Lipinski definition) is 1. The van der Waals surface area contributed by atoms with Crippen LogP contribution in [0.5, 0.6) is 0 Å². The molecule has 0 aromatic heterocycles. The standard InChI is InChI=1S/C13H18Cl2N2O4S/c1-21-9-8-17(22(2,19)20)7-6-12(18)16-11-5-3-4-10(14)13(11)15/h3-5H,6-9H2,1-2H3,(H,16,18). The van der Waals surface area contributed by atoms with Gasteiger partial charge >= 0.3 is 0 Å². The van der Waals surface area contributed by atoms with Crippen LogP contribution in [-0.4, -0.2) is 51.7 Å². The van der Waals surface area contributed by atoms with Gasteiger partial charge in [0.15, 0.2) is 0 Å². The summed E-state index contributed by atoms with van der Waals surface area (Å²) in [6.07, 6.45) is 1.09. The van der Waals surface area contributed by atoms with Crippen LogP contribution in [0.15, 0.2) is 18.2 Å². The van der Waals surface area contributed by atoms with E-state index in [1.807, 2.05) is 0 Å². The molecule has 0 bridgehead atoms. The molecule has 0 heterocycles. The number of methoxy groups -OCH3 is 1. The third-order valence-corrected chi connectivity index (χ3v) is 4.95. The van der Waals surface area contributed by atoms with Gasteiger partial charge in [0.2, 0.25) is 15.9 Å². The minimum atomic E-state index is -3.39. The van der Waals surface area contributed by atoms with Crippen molar-refractivity contribution in [1.29, 1.82) is 0 Å². The molecule has 0 aliphatic rings. The smallest absolute Gasteiger partial charge is 0.225 e. The summed E-state index contributed by atoms with van der Waals surface area (Å²) in [6.45, 7) is 0.515. The van der Waals surface area contributed by atoms with Crippen LogP contribution in [0.2, 0.25) is 10.0 Å². The second kappa shape index (κ2) is 8.69. The SMILES string of the molecule is COCCN(CCC(=O)Nc1cccc(Cl)c1Cl)S(C)(=O)=O. The Kier molecular flexibility index (Phi) is 7.58. The van der Waals surface area contributed by atoms with Gasteiger partial charge in [-0.3, -0.25) is 4.79 Å². The van der Waals surface area contributed by atoms with Crippen molar-refractivity contribution in [2.75, 3.05) is 38.4 Å². The number of nitrogens with one attached hydrogen (secondary N) is 1. The molecule has 0 fully saturated rings. The molecule has 0 atom stereocenters. The lowest BCUT2D eigenvalue weighted by Crippen LogP contribution is -2.35. The summed E-state index contributed by atoms with van der Waals surface area (Å²) in [4.78, 5) is 11.9. The molecule has 1 rings (SSSR count). The maximum atomic E-state index is 11.9. The van der Waals surface area contributed by atoms with E-state index in [2.05, 4.69) is 5.32 Å². The van der Waals surface area contributed by atoms with Crippen LogP contribution in [0.1, 0.15) is 6.42 Å². The highest BCUT2D eigenvalue weighted by molar-refractivity contribution is 7.88. The third kappa shape index (κ3) is 6.10. The molecule has 1 N–H and O–H groups in total. The summed E-state index contributed by atoms with van der Waals surface area (Å²) in [5.74, 6) is -0.352. The highest BCUT2D eigenvalue weighted by atomic mass is 35.5. The zero-order chi connectivity index (χ0) is 16.8. The zero-order valence-electron chi connectivity index (χ0n) is 12.3. The number of rotatable bonds is 8. The number of carbonyl (C=O) groups excluding carboxylic acids is 1. The Morgan fingerprint density at radius 3 is 2.59 bits per heavy atom. The average molecular weight is 369 g/mol. The monoisotopic (exact) mass is 368 g/mol. The summed E-state index contributed by atoms with van der Waals surface area (Å²) in [5.41, 5.74) is 0.391. The first-order chi connectivity index (χ1) is 10.3. The Morgan fingerprint density at radius 1 is 1.32 bits per heavy atom. The number of carbonyl (C=O) groups is 1. The van der Waals surface area contributed by atoms with Gasteiger partial charge in [-0.2, -0.15) is 4.31 Å². The van der Waals surface area contributed by atoms with Crippen LogP contribution in [-0.2, 0) is 19.6 Å². The fourth-order valence-corrected chi connectivity index (χ4v) is 2.85. The summed E-state index contributed by atoms with van der Waals surface area (Å²) in [6, 6.07) is 4.88. The minimum absolute atomic E-state index is 0.000371. The number of nitrogens with zero attached hydrogens (tertiary/aromatic N) is 1. The van der Waals surface area contributed by atoms with E-state index in [0.717, 1.165) is 6.26 Å². The predicted molar refractivity (Wildman–Crippen MR) is 88.0 cm³/mol. The number of amides is 1. The molecular weight excluding hydrogens is 351 g/mol. The van der Waals surface area contributed by atoms with Gasteiger partial charge in [0.05, 0.1) is 28.6 Å². The van der Waals surface area contributed by atoms with Gasteiger partial charge in [-0.05, 0) is 12.1 Å². The Morgan fingerprint density at radius 2 is 2.00 bits per heavy atom. The van der Waals surface area contributed by atoms with E-state index in [4.69, 9.17) is 27.9 Å². The van der Waals surface area contributed by atoms with E-state index in [-0.39, 0.29) is 37.0 Å². The van der Waals surface area contributed by atoms with Crippen molar-refractivity contribution in [2.45, 2.75) is 6.42 Å². The van der Waals surface area contributed by atoms with E-state index in [0.29, 0.717) is 10.7 Å². The Labute approximate surface area is 140 Å².